The van der Waals surface area contributed by atoms with Crippen molar-refractivity contribution in [2.75, 3.05) is 0 Å². The highest BCUT2D eigenvalue weighted by atomic mass is 31.1. The second kappa shape index (κ2) is 7.64. The highest BCUT2D eigenvalue weighted by Crippen LogP contribution is 2.64. The molecule has 1 saturated carbocycles. The maximum absolute atomic E-state index is 4.86. The van der Waals surface area contributed by atoms with E-state index in [0.717, 1.165) is 5.66 Å². The van der Waals surface area contributed by atoms with Crippen LogP contribution in [0.5, 0.6) is 0 Å². The Labute approximate surface area is 163 Å². The zero-order chi connectivity index (χ0) is 18.1. The first-order chi connectivity index (χ1) is 13.4. The minimum absolute atomic E-state index is 0.296. The lowest BCUT2D eigenvalue weighted by atomic mass is 9.90. The van der Waals surface area contributed by atoms with Crippen molar-refractivity contribution >= 4 is 7.53 Å². The number of pyridine rings is 1. The summed E-state index contributed by atoms with van der Waals surface area (Å²) < 4.78 is 0. The third-order valence-electron chi connectivity index (χ3n) is 6.42. The first-order valence-electron chi connectivity index (χ1n) is 10.7. The van der Waals surface area contributed by atoms with Crippen molar-refractivity contribution in [1.82, 2.24) is 4.98 Å². The van der Waals surface area contributed by atoms with Crippen molar-refractivity contribution in [2.24, 2.45) is 0 Å². The Hall–Kier alpha value is -1.85. The molecule has 5 rings (SSSR count). The van der Waals surface area contributed by atoms with Gasteiger partial charge in [0.15, 0.2) is 0 Å². The maximum atomic E-state index is 4.86. The highest BCUT2D eigenvalue weighted by Gasteiger charge is 2.31. The minimum atomic E-state index is -0.296. The summed E-state index contributed by atoms with van der Waals surface area (Å²) >= 11 is 0. The summed E-state index contributed by atoms with van der Waals surface area (Å²) in [6.45, 7) is 0. The molecule has 1 atom stereocenters. The lowest BCUT2D eigenvalue weighted by molar-refractivity contribution is 0.489. The molecule has 0 N–H and O–H groups in total. The molecular weight excluding hydrogens is 345 g/mol. The van der Waals surface area contributed by atoms with Gasteiger partial charge in [0.1, 0.15) is 0 Å². The van der Waals surface area contributed by atoms with Gasteiger partial charge >= 0.3 is 0 Å². The molecular formula is C25H28NP. The molecule has 138 valence electrons. The summed E-state index contributed by atoms with van der Waals surface area (Å²) in [6, 6.07) is 17.8. The van der Waals surface area contributed by atoms with Crippen LogP contribution in [0, 0.1) is 0 Å². The molecule has 0 amide bonds. The number of fused-ring (bicyclic) bond motifs is 1. The van der Waals surface area contributed by atoms with Gasteiger partial charge in [0.25, 0.3) is 0 Å². The van der Waals surface area contributed by atoms with E-state index in [1.165, 1.54) is 69.0 Å². The van der Waals surface area contributed by atoms with Crippen LogP contribution in [-0.4, -0.2) is 4.98 Å². The quantitative estimate of drug-likeness (QED) is 0.456. The monoisotopic (exact) mass is 373 g/mol. The number of aromatic nitrogens is 1. The fourth-order valence-electron chi connectivity index (χ4n) is 5.23. The summed E-state index contributed by atoms with van der Waals surface area (Å²) in [5.74, 6) is 0. The molecule has 2 heteroatoms. The van der Waals surface area contributed by atoms with Crippen LogP contribution in [-0.2, 0) is 12.8 Å². The fraction of sp³-hybridized carbons (Fsp3) is 0.400. The summed E-state index contributed by atoms with van der Waals surface area (Å²) in [7, 11) is -0.296. The van der Waals surface area contributed by atoms with E-state index in [9.17, 15) is 0 Å². The molecule has 1 unspecified atom stereocenters. The first kappa shape index (κ1) is 17.3. The molecule has 3 aromatic rings. The molecule has 1 nitrogen and oxygen atoms in total. The van der Waals surface area contributed by atoms with Crippen LogP contribution < -0.4 is 0 Å². The standard InChI is InChI=1S/C25H28NP/c1-3-11-19(12-4-1)24-21-15-7-8-16-22(21)25(23-17-9-10-18-26-23)27(24)20-13-5-2-6-14-20/h1,3-4,9-12,17-18,20H,2,5-8,13-16H2. The largest absolute Gasteiger partial charge is 0.256 e. The lowest BCUT2D eigenvalue weighted by Crippen LogP contribution is -2.01. The van der Waals surface area contributed by atoms with Crippen LogP contribution in [0.1, 0.15) is 61.7 Å². The number of hydrogen-bond acceptors (Lipinski definition) is 1. The third-order valence-corrected chi connectivity index (χ3v) is 9.65. The van der Waals surface area contributed by atoms with Crippen molar-refractivity contribution in [1.29, 1.82) is 0 Å². The van der Waals surface area contributed by atoms with E-state index in [1.807, 2.05) is 6.20 Å². The van der Waals surface area contributed by atoms with Gasteiger partial charge in [0.2, 0.25) is 0 Å². The normalized spacial score (nSPS) is 18.3. The van der Waals surface area contributed by atoms with E-state index in [4.69, 9.17) is 4.98 Å². The van der Waals surface area contributed by atoms with Gasteiger partial charge in [0, 0.05) is 16.8 Å². The minimum Gasteiger partial charge on any atom is -0.256 e. The summed E-state index contributed by atoms with van der Waals surface area (Å²) in [6.07, 6.45) is 14.2. The van der Waals surface area contributed by atoms with Crippen LogP contribution in [0.4, 0.5) is 0 Å². The van der Waals surface area contributed by atoms with E-state index in [0.29, 0.717) is 0 Å². The summed E-state index contributed by atoms with van der Waals surface area (Å²) in [5, 5.41) is 3.36. The van der Waals surface area contributed by atoms with Gasteiger partial charge in [-0.2, -0.15) is 0 Å². The topological polar surface area (TPSA) is 12.9 Å². The molecule has 0 aliphatic heterocycles. The molecule has 27 heavy (non-hydrogen) atoms. The zero-order valence-electron chi connectivity index (χ0n) is 16.0. The predicted molar refractivity (Wildman–Crippen MR) is 117 cm³/mol. The van der Waals surface area contributed by atoms with Crippen LogP contribution in [0.3, 0.4) is 0 Å². The van der Waals surface area contributed by atoms with Gasteiger partial charge in [-0.25, -0.2) is 0 Å². The van der Waals surface area contributed by atoms with Crippen molar-refractivity contribution in [3.8, 4) is 21.8 Å². The SMILES string of the molecule is c1ccc(-c2c3c(c(-c4ccccn4)p2C2CCCCC2)CCCC3)cc1. The molecule has 0 saturated heterocycles. The van der Waals surface area contributed by atoms with E-state index in [-0.39, 0.29) is 7.53 Å². The van der Waals surface area contributed by atoms with Crippen molar-refractivity contribution in [3.05, 3.63) is 65.9 Å². The molecule has 2 aromatic heterocycles. The summed E-state index contributed by atoms with van der Waals surface area (Å²) in [5.41, 5.74) is 6.95. The number of nitrogens with zero attached hydrogens (tertiary/aromatic N) is 1. The Morgan fingerprint density at radius 2 is 1.41 bits per heavy atom. The molecule has 2 aliphatic rings. The molecule has 0 bridgehead atoms. The molecule has 1 aromatic carbocycles. The third kappa shape index (κ3) is 3.17. The second-order valence-corrected chi connectivity index (χ2v) is 10.5. The smallest absolute Gasteiger partial charge is 0.0744 e. The van der Waals surface area contributed by atoms with E-state index >= 15 is 0 Å². The summed E-state index contributed by atoms with van der Waals surface area (Å²) in [4.78, 5) is 4.86. The van der Waals surface area contributed by atoms with Gasteiger partial charge in [0.05, 0.1) is 5.69 Å². The molecule has 2 heterocycles. The first-order valence-corrected chi connectivity index (χ1v) is 12.1. The van der Waals surface area contributed by atoms with Crippen LogP contribution in [0.15, 0.2) is 54.7 Å². The Morgan fingerprint density at radius 1 is 0.704 bits per heavy atom. The maximum Gasteiger partial charge on any atom is 0.0744 e. The van der Waals surface area contributed by atoms with Crippen molar-refractivity contribution in [2.45, 2.75) is 63.4 Å². The van der Waals surface area contributed by atoms with Crippen LogP contribution >= 0.6 is 7.53 Å². The average molecular weight is 373 g/mol. The Balaban J connectivity index is 1.80. The van der Waals surface area contributed by atoms with Gasteiger partial charge in [-0.05, 0) is 73.0 Å². The molecule has 0 radical (unpaired) electrons. The zero-order valence-corrected chi connectivity index (χ0v) is 16.9. The fourth-order valence-corrected chi connectivity index (χ4v) is 8.94. The number of hydrogen-bond donors (Lipinski definition) is 0. The predicted octanol–water partition coefficient (Wildman–Crippen LogP) is 7.79. The van der Waals surface area contributed by atoms with Gasteiger partial charge < -0.3 is 0 Å². The van der Waals surface area contributed by atoms with E-state index in [1.54, 1.807) is 21.7 Å². The molecule has 2 aliphatic carbocycles. The van der Waals surface area contributed by atoms with Gasteiger partial charge in [-0.15, -0.1) is 7.53 Å². The number of rotatable bonds is 3. The van der Waals surface area contributed by atoms with E-state index in [2.05, 4.69) is 48.5 Å². The molecule has 0 spiro atoms. The Kier molecular flexibility index (Phi) is 4.89. The number of benzene rings is 1. The second-order valence-electron chi connectivity index (χ2n) is 8.10. The van der Waals surface area contributed by atoms with Crippen molar-refractivity contribution < 1.29 is 0 Å². The Bertz CT molecular complexity index is 838. The molecule has 1 fully saturated rings. The lowest BCUT2D eigenvalue weighted by Gasteiger charge is -2.25. The van der Waals surface area contributed by atoms with Crippen LogP contribution in [0.2, 0.25) is 0 Å². The van der Waals surface area contributed by atoms with Gasteiger partial charge in [-0.1, -0.05) is 55.7 Å². The van der Waals surface area contributed by atoms with Gasteiger partial charge in [-0.3, -0.25) is 4.98 Å². The average Bonchev–Trinajstić information content (AvgIpc) is 3.11. The highest BCUT2D eigenvalue weighted by molar-refractivity contribution is 7.57. The van der Waals surface area contributed by atoms with E-state index < -0.39 is 0 Å². The van der Waals surface area contributed by atoms with Crippen molar-refractivity contribution in [3.63, 3.8) is 0 Å². The Morgan fingerprint density at radius 3 is 2.11 bits per heavy atom. The van der Waals surface area contributed by atoms with Crippen LogP contribution in [0.25, 0.3) is 21.8 Å².